The molecule has 0 aliphatic carbocycles. The zero-order valence-electron chi connectivity index (χ0n) is 45.7. The number of aliphatic hydroxyl groups excluding tert-OH is 5. The molecule has 1 amide bonds. The number of carbonyl (C=O) groups excluding carboxylic acids is 1. The van der Waals surface area contributed by atoms with Crippen LogP contribution in [-0.2, 0) is 14.3 Å². The van der Waals surface area contributed by atoms with E-state index in [9.17, 15) is 30.3 Å². The maximum Gasteiger partial charge on any atom is 0.224 e. The fraction of sp³-hybridized carbons (Fsp3) is 0.790. The third-order valence-corrected chi connectivity index (χ3v) is 13.8. The lowest BCUT2D eigenvalue weighted by Crippen LogP contribution is -2.60. The monoisotopic (exact) mass is 998 g/mol. The van der Waals surface area contributed by atoms with Gasteiger partial charge in [0.2, 0.25) is 5.91 Å². The summed E-state index contributed by atoms with van der Waals surface area (Å²) in [6.45, 7) is 3.62. The summed E-state index contributed by atoms with van der Waals surface area (Å²) in [6, 6.07) is -0.864. The van der Waals surface area contributed by atoms with Crippen LogP contribution in [0.15, 0.2) is 72.9 Å². The van der Waals surface area contributed by atoms with Crippen molar-refractivity contribution in [2.75, 3.05) is 13.2 Å². The molecule has 0 saturated carbocycles. The molecule has 0 bridgehead atoms. The van der Waals surface area contributed by atoms with Crippen molar-refractivity contribution in [1.29, 1.82) is 0 Å². The molecule has 1 aliphatic rings. The van der Waals surface area contributed by atoms with Gasteiger partial charge in [-0.15, -0.1) is 0 Å². The van der Waals surface area contributed by atoms with Gasteiger partial charge in [0.05, 0.1) is 25.4 Å². The SMILES string of the molecule is CC/C=C\C/C=C\C/C=C\C/C=C\C/C=C\CC(=O)NC(COC1OC(CO)C(O)C(O)C1O)C(O)/C=C/CCCCCCCCCCCCCCCCCCCCCCCCCCCCCCCCC. The van der Waals surface area contributed by atoms with Crippen LogP contribution in [0.5, 0.6) is 0 Å². The molecule has 0 aromatic carbocycles. The van der Waals surface area contributed by atoms with E-state index in [0.717, 1.165) is 44.9 Å². The van der Waals surface area contributed by atoms with Crippen molar-refractivity contribution in [1.82, 2.24) is 5.32 Å². The Hall–Kier alpha value is -2.37. The fourth-order valence-corrected chi connectivity index (χ4v) is 9.17. The van der Waals surface area contributed by atoms with Gasteiger partial charge in [-0.1, -0.05) is 279 Å². The molecule has 71 heavy (non-hydrogen) atoms. The number of rotatable bonds is 50. The van der Waals surface area contributed by atoms with Crippen molar-refractivity contribution in [3.8, 4) is 0 Å². The summed E-state index contributed by atoms with van der Waals surface area (Å²) in [5.41, 5.74) is 0. The van der Waals surface area contributed by atoms with Gasteiger partial charge in [-0.05, 0) is 44.9 Å². The van der Waals surface area contributed by atoms with Gasteiger partial charge >= 0.3 is 0 Å². The first-order valence-corrected chi connectivity index (χ1v) is 29.7. The number of hydrogen-bond donors (Lipinski definition) is 6. The van der Waals surface area contributed by atoms with Gasteiger partial charge in [0, 0.05) is 6.42 Å². The molecule has 1 saturated heterocycles. The Bertz CT molecular complexity index is 1340. The van der Waals surface area contributed by atoms with E-state index in [1.54, 1.807) is 12.2 Å². The second kappa shape index (κ2) is 51.1. The maximum absolute atomic E-state index is 12.9. The molecule has 0 aromatic rings. The van der Waals surface area contributed by atoms with Crippen LogP contribution in [-0.4, -0.2) is 87.5 Å². The quantitative estimate of drug-likeness (QED) is 0.0261. The number of hydrogen-bond acceptors (Lipinski definition) is 8. The molecule has 7 atom stereocenters. The predicted molar refractivity (Wildman–Crippen MR) is 299 cm³/mol. The van der Waals surface area contributed by atoms with Crippen LogP contribution in [0.25, 0.3) is 0 Å². The minimum absolute atomic E-state index is 0.111. The predicted octanol–water partition coefficient (Wildman–Crippen LogP) is 14.8. The summed E-state index contributed by atoms with van der Waals surface area (Å²) in [7, 11) is 0. The molecule has 0 radical (unpaired) electrons. The lowest BCUT2D eigenvalue weighted by atomic mass is 9.99. The Kier molecular flexibility index (Phi) is 48.0. The summed E-state index contributed by atoms with van der Waals surface area (Å²) >= 11 is 0. The highest BCUT2D eigenvalue weighted by Crippen LogP contribution is 2.23. The average molecular weight is 999 g/mol. The number of carbonyl (C=O) groups is 1. The van der Waals surface area contributed by atoms with Crippen LogP contribution in [0, 0.1) is 0 Å². The van der Waals surface area contributed by atoms with Crippen LogP contribution in [0.1, 0.15) is 258 Å². The van der Waals surface area contributed by atoms with E-state index in [1.807, 2.05) is 12.2 Å². The Morgan fingerprint density at radius 3 is 1.24 bits per heavy atom. The molecule has 9 nitrogen and oxygen atoms in total. The average Bonchev–Trinajstić information content (AvgIpc) is 3.37. The zero-order chi connectivity index (χ0) is 51.5. The highest BCUT2D eigenvalue weighted by molar-refractivity contribution is 5.77. The van der Waals surface area contributed by atoms with Crippen LogP contribution in [0.4, 0.5) is 0 Å². The lowest BCUT2D eigenvalue weighted by Gasteiger charge is -2.40. The van der Waals surface area contributed by atoms with Crippen molar-refractivity contribution in [3.63, 3.8) is 0 Å². The number of aliphatic hydroxyl groups is 5. The van der Waals surface area contributed by atoms with E-state index < -0.39 is 49.5 Å². The lowest BCUT2D eigenvalue weighted by molar-refractivity contribution is -0.302. The van der Waals surface area contributed by atoms with Gasteiger partial charge in [-0.2, -0.15) is 0 Å². The molecule has 0 spiro atoms. The number of allylic oxidation sites excluding steroid dienone is 10. The van der Waals surface area contributed by atoms with Gasteiger partial charge in [-0.3, -0.25) is 4.79 Å². The summed E-state index contributed by atoms with van der Waals surface area (Å²) in [6.07, 6.45) is 64.6. The first kappa shape index (κ1) is 66.6. The van der Waals surface area contributed by atoms with Gasteiger partial charge in [0.1, 0.15) is 24.4 Å². The van der Waals surface area contributed by atoms with Crippen LogP contribution < -0.4 is 5.32 Å². The molecule has 412 valence electrons. The summed E-state index contributed by atoms with van der Waals surface area (Å²) in [4.78, 5) is 12.9. The van der Waals surface area contributed by atoms with E-state index in [2.05, 4.69) is 67.8 Å². The minimum atomic E-state index is -1.59. The molecule has 1 fully saturated rings. The normalized spacial score (nSPS) is 19.8. The Morgan fingerprint density at radius 1 is 0.493 bits per heavy atom. The second-order valence-electron chi connectivity index (χ2n) is 20.4. The number of unbranched alkanes of at least 4 members (excludes halogenated alkanes) is 31. The standard InChI is InChI=1S/C62H111NO8/c1-3-5-7-9-11-13-15-17-19-20-21-22-23-24-25-26-27-28-29-30-31-32-33-34-35-36-38-39-41-43-45-47-49-51-56(65)55(54-70-62-61(69)60(68)59(67)57(53-64)71-62)63-58(66)52-50-48-46-44-42-40-37-18-16-14-12-10-8-6-4-2/h6,8,12,14,18,37,42,44,48-51,55-57,59-62,64-65,67-69H,3-5,7,9-11,13,15-17,19-36,38-41,43,45-47,52-54H2,1-2H3,(H,63,66)/b8-6-,14-12-,37-18-,44-42-,50-48-,51-49+. The molecular formula is C62H111NO8. The van der Waals surface area contributed by atoms with Crippen molar-refractivity contribution in [2.24, 2.45) is 0 Å². The molecule has 7 unspecified atom stereocenters. The molecule has 0 aromatic heterocycles. The first-order chi connectivity index (χ1) is 34.8. The van der Waals surface area contributed by atoms with E-state index in [4.69, 9.17) is 9.47 Å². The van der Waals surface area contributed by atoms with E-state index in [1.165, 1.54) is 186 Å². The third kappa shape index (κ3) is 40.7. The van der Waals surface area contributed by atoms with Crippen LogP contribution >= 0.6 is 0 Å². The van der Waals surface area contributed by atoms with Gasteiger partial charge in [0.15, 0.2) is 6.29 Å². The minimum Gasteiger partial charge on any atom is -0.394 e. The highest BCUT2D eigenvalue weighted by atomic mass is 16.7. The Balaban J connectivity index is 2.17. The third-order valence-electron chi connectivity index (χ3n) is 13.8. The van der Waals surface area contributed by atoms with Crippen molar-refractivity contribution in [2.45, 2.75) is 301 Å². The largest absolute Gasteiger partial charge is 0.394 e. The first-order valence-electron chi connectivity index (χ1n) is 29.7. The highest BCUT2D eigenvalue weighted by Gasteiger charge is 2.44. The van der Waals surface area contributed by atoms with E-state index in [-0.39, 0.29) is 18.9 Å². The van der Waals surface area contributed by atoms with Gasteiger partial charge in [0.25, 0.3) is 0 Å². The van der Waals surface area contributed by atoms with Gasteiger partial charge in [-0.25, -0.2) is 0 Å². The maximum atomic E-state index is 12.9. The topological polar surface area (TPSA) is 149 Å². The molecule has 1 rings (SSSR count). The fourth-order valence-electron chi connectivity index (χ4n) is 9.17. The van der Waals surface area contributed by atoms with Crippen molar-refractivity contribution in [3.05, 3.63) is 72.9 Å². The summed E-state index contributed by atoms with van der Waals surface area (Å²) in [5, 5.41) is 54.3. The second-order valence-corrected chi connectivity index (χ2v) is 20.4. The molecule has 6 N–H and O–H groups in total. The number of amides is 1. The Labute approximate surface area is 436 Å². The smallest absolute Gasteiger partial charge is 0.224 e. The number of ether oxygens (including phenoxy) is 2. The zero-order valence-corrected chi connectivity index (χ0v) is 45.7. The molecule has 1 heterocycles. The number of nitrogens with one attached hydrogen (secondary N) is 1. The molecule has 9 heteroatoms. The molecule has 1 aliphatic heterocycles. The Morgan fingerprint density at radius 2 is 0.859 bits per heavy atom. The van der Waals surface area contributed by atoms with Crippen LogP contribution in [0.2, 0.25) is 0 Å². The summed E-state index contributed by atoms with van der Waals surface area (Å²) < 4.78 is 11.2. The van der Waals surface area contributed by atoms with E-state index >= 15 is 0 Å². The van der Waals surface area contributed by atoms with Gasteiger partial charge < -0.3 is 40.3 Å². The summed E-state index contributed by atoms with van der Waals surface area (Å²) in [5.74, 6) is -0.303. The molecular weight excluding hydrogens is 887 g/mol. The van der Waals surface area contributed by atoms with E-state index in [0.29, 0.717) is 6.42 Å². The van der Waals surface area contributed by atoms with Crippen LogP contribution in [0.3, 0.4) is 0 Å². The van der Waals surface area contributed by atoms with Crippen molar-refractivity contribution < 1.29 is 39.8 Å². The van der Waals surface area contributed by atoms with Crippen molar-refractivity contribution >= 4 is 5.91 Å².